The van der Waals surface area contributed by atoms with Crippen LogP contribution in [0.3, 0.4) is 0 Å². The lowest BCUT2D eigenvalue weighted by atomic mass is 10.1. The van der Waals surface area contributed by atoms with E-state index in [9.17, 15) is 24.3 Å². The van der Waals surface area contributed by atoms with Crippen LogP contribution in [-0.4, -0.2) is 52.3 Å². The molecular formula is C17H18N3O5-. The van der Waals surface area contributed by atoms with Crippen molar-refractivity contribution >= 4 is 23.7 Å². The van der Waals surface area contributed by atoms with Crippen molar-refractivity contribution in [2.24, 2.45) is 0 Å². The van der Waals surface area contributed by atoms with E-state index in [4.69, 9.17) is 0 Å². The number of fused-ring (bicyclic) bond motifs is 1. The molecule has 0 aromatic heterocycles. The summed E-state index contributed by atoms with van der Waals surface area (Å²) in [6.45, 7) is 0.285. The number of benzene rings is 1. The van der Waals surface area contributed by atoms with Gasteiger partial charge >= 0.3 is 0 Å². The van der Waals surface area contributed by atoms with Gasteiger partial charge < -0.3 is 15.2 Å². The average Bonchev–Trinajstić information content (AvgIpc) is 2.74. The highest BCUT2D eigenvalue weighted by atomic mass is 16.4. The highest BCUT2D eigenvalue weighted by Crippen LogP contribution is 2.24. The second-order valence-corrected chi connectivity index (χ2v) is 6.11. The van der Waals surface area contributed by atoms with Crippen LogP contribution in [0.4, 0.5) is 0 Å². The summed E-state index contributed by atoms with van der Waals surface area (Å²) in [4.78, 5) is 48.8. The van der Waals surface area contributed by atoms with Gasteiger partial charge in [0.05, 0.1) is 12.0 Å². The third kappa shape index (κ3) is 3.33. The van der Waals surface area contributed by atoms with Crippen molar-refractivity contribution in [1.82, 2.24) is 15.3 Å². The molecule has 3 amide bonds. The van der Waals surface area contributed by atoms with Crippen molar-refractivity contribution < 1.29 is 24.3 Å². The summed E-state index contributed by atoms with van der Waals surface area (Å²) in [5.74, 6) is -2.76. The number of carboxylic acid groups (broad SMARTS) is 1. The summed E-state index contributed by atoms with van der Waals surface area (Å²) in [6, 6.07) is 6.23. The molecule has 132 valence electrons. The molecule has 1 aromatic carbocycles. The third-order valence-corrected chi connectivity index (χ3v) is 4.47. The molecule has 8 nitrogen and oxygen atoms in total. The summed E-state index contributed by atoms with van der Waals surface area (Å²) in [7, 11) is 0. The fourth-order valence-corrected chi connectivity index (χ4v) is 3.21. The normalized spacial score (nSPS) is 23.7. The van der Waals surface area contributed by atoms with E-state index >= 15 is 0 Å². The molecule has 2 atom stereocenters. The second-order valence-electron chi connectivity index (χ2n) is 6.11. The van der Waals surface area contributed by atoms with Crippen molar-refractivity contribution in [3.05, 3.63) is 35.9 Å². The number of nitrogens with zero attached hydrogens (tertiary/aromatic N) is 2. The average molecular weight is 344 g/mol. The fourth-order valence-electron chi connectivity index (χ4n) is 3.21. The number of rotatable bonds is 3. The van der Waals surface area contributed by atoms with Gasteiger partial charge in [-0.05, 0) is 31.4 Å². The van der Waals surface area contributed by atoms with Gasteiger partial charge in [0.25, 0.3) is 11.8 Å². The minimum Gasteiger partial charge on any atom is -0.548 e. The molecule has 0 bridgehead atoms. The first-order chi connectivity index (χ1) is 12.0. The van der Waals surface area contributed by atoms with Gasteiger partial charge in [-0.1, -0.05) is 18.2 Å². The molecule has 1 aromatic rings. The zero-order valence-corrected chi connectivity index (χ0v) is 13.5. The topological polar surface area (TPSA) is 110 Å². The Morgan fingerprint density at radius 2 is 1.84 bits per heavy atom. The van der Waals surface area contributed by atoms with E-state index in [1.54, 1.807) is 30.3 Å². The molecule has 2 fully saturated rings. The quantitative estimate of drug-likeness (QED) is 0.761. The lowest BCUT2D eigenvalue weighted by Crippen LogP contribution is -2.64. The van der Waals surface area contributed by atoms with Crippen molar-refractivity contribution in [1.29, 1.82) is 0 Å². The maximum absolute atomic E-state index is 12.8. The van der Waals surface area contributed by atoms with Crippen LogP contribution in [-0.2, 0) is 14.4 Å². The van der Waals surface area contributed by atoms with Gasteiger partial charge in [-0.2, -0.15) is 0 Å². The van der Waals surface area contributed by atoms with E-state index in [-0.39, 0.29) is 31.7 Å². The van der Waals surface area contributed by atoms with Gasteiger partial charge in [-0.3, -0.25) is 19.4 Å². The second kappa shape index (κ2) is 6.92. The highest BCUT2D eigenvalue weighted by molar-refractivity contribution is 5.99. The van der Waals surface area contributed by atoms with Crippen molar-refractivity contribution in [2.75, 3.05) is 6.54 Å². The molecule has 2 aliphatic heterocycles. The first-order valence-electron chi connectivity index (χ1n) is 8.19. The minimum atomic E-state index is -1.40. The van der Waals surface area contributed by atoms with Crippen LogP contribution >= 0.6 is 0 Å². The number of aliphatic carboxylic acids is 1. The predicted octanol–water partition coefficient (Wildman–Crippen LogP) is -0.937. The zero-order valence-electron chi connectivity index (χ0n) is 13.5. The van der Waals surface area contributed by atoms with Crippen LogP contribution in [0.5, 0.6) is 0 Å². The first kappa shape index (κ1) is 16.9. The van der Waals surface area contributed by atoms with Gasteiger partial charge in [-0.25, -0.2) is 5.01 Å². The molecular weight excluding hydrogens is 326 g/mol. The Bertz CT molecular complexity index is 705. The molecule has 2 saturated heterocycles. The van der Waals surface area contributed by atoms with E-state index in [0.29, 0.717) is 12.0 Å². The molecule has 3 rings (SSSR count). The molecule has 1 N–H and O–H groups in total. The van der Waals surface area contributed by atoms with Crippen LogP contribution in [0.15, 0.2) is 30.3 Å². The Hall–Kier alpha value is -2.90. The van der Waals surface area contributed by atoms with E-state index in [0.717, 1.165) is 5.01 Å². The van der Waals surface area contributed by atoms with E-state index in [2.05, 4.69) is 5.32 Å². The van der Waals surface area contributed by atoms with Crippen molar-refractivity contribution in [2.45, 2.75) is 37.8 Å². The van der Waals surface area contributed by atoms with Crippen LogP contribution in [0.1, 0.15) is 36.0 Å². The number of hydrogen-bond donors (Lipinski definition) is 1. The number of hydrogen-bond acceptors (Lipinski definition) is 5. The standard InChI is InChI=1S/C17H19N3O5/c21-14-9-8-12(18-15(22)11-5-2-1-3-6-11)16(23)20-13(17(24)25)7-4-10-19(14)20/h1-3,5-6,12-13H,4,7-10H2,(H,18,22)(H,24,25)/p-1. The first-order valence-corrected chi connectivity index (χ1v) is 8.19. The summed E-state index contributed by atoms with van der Waals surface area (Å²) >= 11 is 0. The van der Waals surface area contributed by atoms with Crippen molar-refractivity contribution in [3.63, 3.8) is 0 Å². The SMILES string of the molecule is O=C(NC1CCC(=O)N2CCCC(C(=O)[O-])N2C1=O)c1ccccc1. The molecule has 2 aliphatic rings. The molecule has 2 heterocycles. The Morgan fingerprint density at radius 3 is 2.52 bits per heavy atom. The Kier molecular flexibility index (Phi) is 4.69. The van der Waals surface area contributed by atoms with Gasteiger partial charge in [-0.15, -0.1) is 0 Å². The van der Waals surface area contributed by atoms with Gasteiger partial charge in [0.1, 0.15) is 6.04 Å². The van der Waals surface area contributed by atoms with Crippen molar-refractivity contribution in [3.8, 4) is 0 Å². The minimum absolute atomic E-state index is 0.0573. The number of amides is 3. The molecule has 0 aliphatic carbocycles. The van der Waals surface area contributed by atoms with Crippen LogP contribution < -0.4 is 10.4 Å². The maximum atomic E-state index is 12.8. The molecule has 25 heavy (non-hydrogen) atoms. The number of carbonyl (C=O) groups excluding carboxylic acids is 4. The highest BCUT2D eigenvalue weighted by Gasteiger charge is 2.42. The molecule has 0 saturated carbocycles. The Balaban J connectivity index is 1.83. The summed E-state index contributed by atoms with van der Waals surface area (Å²) in [6.07, 6.45) is 0.886. The van der Waals surface area contributed by atoms with Crippen LogP contribution in [0, 0.1) is 0 Å². The van der Waals surface area contributed by atoms with E-state index in [1.165, 1.54) is 5.01 Å². The molecule has 0 spiro atoms. The molecule has 0 radical (unpaired) electrons. The number of hydrazine groups is 1. The largest absolute Gasteiger partial charge is 0.548 e. The Labute approximate surface area is 144 Å². The summed E-state index contributed by atoms with van der Waals surface area (Å²) < 4.78 is 0. The summed E-state index contributed by atoms with van der Waals surface area (Å²) in [5.41, 5.74) is 0.387. The maximum Gasteiger partial charge on any atom is 0.264 e. The zero-order chi connectivity index (χ0) is 18.0. The summed E-state index contributed by atoms with van der Waals surface area (Å²) in [5, 5.41) is 16.2. The number of nitrogens with one attached hydrogen (secondary N) is 1. The smallest absolute Gasteiger partial charge is 0.264 e. The third-order valence-electron chi connectivity index (χ3n) is 4.47. The monoisotopic (exact) mass is 344 g/mol. The van der Waals surface area contributed by atoms with Gasteiger partial charge in [0.15, 0.2) is 0 Å². The lowest BCUT2D eigenvalue weighted by molar-refractivity contribution is -0.315. The van der Waals surface area contributed by atoms with E-state index < -0.39 is 29.9 Å². The molecule has 2 unspecified atom stereocenters. The fraction of sp³-hybridized carbons (Fsp3) is 0.412. The predicted molar refractivity (Wildman–Crippen MR) is 83.5 cm³/mol. The Morgan fingerprint density at radius 1 is 1.12 bits per heavy atom. The molecule has 8 heteroatoms. The number of carboxylic acids is 1. The van der Waals surface area contributed by atoms with Gasteiger partial charge in [0, 0.05) is 18.5 Å². The van der Waals surface area contributed by atoms with Gasteiger partial charge in [0.2, 0.25) is 5.91 Å². The van der Waals surface area contributed by atoms with E-state index in [1.807, 2.05) is 0 Å². The van der Waals surface area contributed by atoms with Crippen LogP contribution in [0.25, 0.3) is 0 Å². The lowest BCUT2D eigenvalue weighted by Gasteiger charge is -2.44. The van der Waals surface area contributed by atoms with Crippen LogP contribution in [0.2, 0.25) is 0 Å². The number of carbonyl (C=O) groups is 4.